The molecule has 0 aliphatic heterocycles. The Balaban J connectivity index is 3.61. The van der Waals surface area contributed by atoms with Gasteiger partial charge in [0.2, 0.25) is 0 Å². The molecule has 0 bridgehead atoms. The predicted octanol–water partition coefficient (Wildman–Crippen LogP) is 1.63. The smallest absolute Gasteiger partial charge is 0.0140 e. The average molecular weight is 158 g/mol. The summed E-state index contributed by atoms with van der Waals surface area (Å²) in [6, 6.07) is 0.224. The molecule has 0 amide bonds. The largest absolute Gasteiger partial charge is 0.328 e. The second-order valence-electron chi connectivity index (χ2n) is 3.94. The van der Waals surface area contributed by atoms with Crippen molar-refractivity contribution in [3.05, 3.63) is 0 Å². The second-order valence-corrected chi connectivity index (χ2v) is 3.94. The van der Waals surface area contributed by atoms with Crippen LogP contribution in [0.15, 0.2) is 0 Å². The van der Waals surface area contributed by atoms with Crippen LogP contribution in [0.1, 0.15) is 46.5 Å². The van der Waals surface area contributed by atoms with E-state index in [-0.39, 0.29) is 11.6 Å². The Hall–Kier alpha value is -0.0800. The maximum atomic E-state index is 6.02. The van der Waals surface area contributed by atoms with Gasteiger partial charge in [-0.15, -0.1) is 0 Å². The fourth-order valence-corrected chi connectivity index (χ4v) is 1.42. The molecule has 2 unspecified atom stereocenters. The van der Waals surface area contributed by atoms with Gasteiger partial charge in [-0.05, 0) is 26.7 Å². The van der Waals surface area contributed by atoms with Crippen molar-refractivity contribution in [2.75, 3.05) is 0 Å². The molecule has 11 heavy (non-hydrogen) atoms. The van der Waals surface area contributed by atoms with E-state index in [1.54, 1.807) is 0 Å². The zero-order valence-corrected chi connectivity index (χ0v) is 8.06. The van der Waals surface area contributed by atoms with Crippen LogP contribution in [0.25, 0.3) is 0 Å². The third-order valence-electron chi connectivity index (χ3n) is 1.89. The summed E-state index contributed by atoms with van der Waals surface area (Å²) in [5.74, 6) is 0. The summed E-state index contributed by atoms with van der Waals surface area (Å²) >= 11 is 0. The molecule has 0 aliphatic carbocycles. The first kappa shape index (κ1) is 10.9. The molecule has 2 heteroatoms. The molecule has 0 aromatic carbocycles. The Morgan fingerprint density at radius 1 is 1.45 bits per heavy atom. The summed E-state index contributed by atoms with van der Waals surface area (Å²) < 4.78 is 0. The first-order chi connectivity index (χ1) is 4.98. The third kappa shape index (κ3) is 6.32. The molecule has 2 nitrogen and oxygen atoms in total. The highest BCUT2D eigenvalue weighted by atomic mass is 14.7. The quantitative estimate of drug-likeness (QED) is 0.639. The van der Waals surface area contributed by atoms with Gasteiger partial charge in [0.25, 0.3) is 0 Å². The Kier molecular flexibility index (Phi) is 4.69. The number of nitrogens with two attached hydrogens (primary N) is 2. The maximum Gasteiger partial charge on any atom is 0.0140 e. The molecule has 4 N–H and O–H groups in total. The van der Waals surface area contributed by atoms with Gasteiger partial charge in [-0.3, -0.25) is 0 Å². The van der Waals surface area contributed by atoms with Gasteiger partial charge in [0, 0.05) is 11.6 Å². The van der Waals surface area contributed by atoms with E-state index in [2.05, 4.69) is 13.8 Å². The van der Waals surface area contributed by atoms with Gasteiger partial charge >= 0.3 is 0 Å². The molecule has 0 aromatic rings. The normalized spacial score (nSPS) is 19.4. The molecule has 0 aliphatic rings. The summed E-state index contributed by atoms with van der Waals surface area (Å²) in [5.41, 5.74) is 11.6. The van der Waals surface area contributed by atoms with Crippen LogP contribution >= 0.6 is 0 Å². The van der Waals surface area contributed by atoms with E-state index in [1.165, 1.54) is 12.8 Å². The zero-order valence-electron chi connectivity index (χ0n) is 8.06. The highest BCUT2D eigenvalue weighted by molar-refractivity contribution is 4.81. The van der Waals surface area contributed by atoms with Crippen LogP contribution in [0.5, 0.6) is 0 Å². The molecular weight excluding hydrogens is 136 g/mol. The van der Waals surface area contributed by atoms with E-state index < -0.39 is 0 Å². The fraction of sp³-hybridized carbons (Fsp3) is 1.00. The van der Waals surface area contributed by atoms with Gasteiger partial charge in [-0.25, -0.2) is 0 Å². The molecule has 68 valence electrons. The Morgan fingerprint density at radius 3 is 2.36 bits per heavy atom. The van der Waals surface area contributed by atoms with Gasteiger partial charge in [0.05, 0.1) is 0 Å². The monoisotopic (exact) mass is 158 g/mol. The molecule has 0 saturated heterocycles. The van der Waals surface area contributed by atoms with E-state index in [4.69, 9.17) is 11.5 Å². The van der Waals surface area contributed by atoms with Gasteiger partial charge in [-0.2, -0.15) is 0 Å². The molecule has 2 atom stereocenters. The minimum absolute atomic E-state index is 0.0514. The molecule has 0 rings (SSSR count). The first-order valence-electron chi connectivity index (χ1n) is 4.52. The van der Waals surface area contributed by atoms with Crippen LogP contribution < -0.4 is 11.5 Å². The van der Waals surface area contributed by atoms with Gasteiger partial charge in [0.15, 0.2) is 0 Å². The van der Waals surface area contributed by atoms with Crippen LogP contribution in [0.3, 0.4) is 0 Å². The topological polar surface area (TPSA) is 52.0 Å². The molecule has 0 saturated carbocycles. The van der Waals surface area contributed by atoms with Crippen molar-refractivity contribution in [2.45, 2.75) is 58.0 Å². The fourth-order valence-electron chi connectivity index (χ4n) is 1.42. The van der Waals surface area contributed by atoms with Gasteiger partial charge < -0.3 is 11.5 Å². The highest BCUT2D eigenvalue weighted by Gasteiger charge is 2.18. The van der Waals surface area contributed by atoms with E-state index in [9.17, 15) is 0 Å². The molecule has 0 spiro atoms. The van der Waals surface area contributed by atoms with E-state index >= 15 is 0 Å². The molecule has 0 aromatic heterocycles. The molecular formula is C9H22N2. The Labute approximate surface area is 70.3 Å². The lowest BCUT2D eigenvalue weighted by Crippen LogP contribution is -2.41. The summed E-state index contributed by atoms with van der Waals surface area (Å²) in [7, 11) is 0. The molecule has 0 radical (unpaired) electrons. The third-order valence-corrected chi connectivity index (χ3v) is 1.89. The SMILES string of the molecule is CCCCC(C)(N)CC(C)N. The van der Waals surface area contributed by atoms with Crippen molar-refractivity contribution in [3.63, 3.8) is 0 Å². The van der Waals surface area contributed by atoms with Crippen molar-refractivity contribution in [3.8, 4) is 0 Å². The first-order valence-corrected chi connectivity index (χ1v) is 4.52. The number of hydrogen-bond acceptors (Lipinski definition) is 2. The lowest BCUT2D eigenvalue weighted by molar-refractivity contribution is 0.363. The van der Waals surface area contributed by atoms with Crippen molar-refractivity contribution in [1.82, 2.24) is 0 Å². The van der Waals surface area contributed by atoms with Crippen molar-refractivity contribution < 1.29 is 0 Å². The van der Waals surface area contributed by atoms with E-state index in [1.807, 2.05) is 6.92 Å². The van der Waals surface area contributed by atoms with Crippen LogP contribution in [0, 0.1) is 0 Å². The van der Waals surface area contributed by atoms with Gasteiger partial charge in [-0.1, -0.05) is 19.8 Å². The van der Waals surface area contributed by atoms with Crippen LogP contribution in [-0.2, 0) is 0 Å². The van der Waals surface area contributed by atoms with Gasteiger partial charge in [0.1, 0.15) is 0 Å². The van der Waals surface area contributed by atoms with Crippen molar-refractivity contribution in [1.29, 1.82) is 0 Å². The minimum Gasteiger partial charge on any atom is -0.328 e. The van der Waals surface area contributed by atoms with Crippen LogP contribution in [0.2, 0.25) is 0 Å². The lowest BCUT2D eigenvalue weighted by atomic mass is 9.90. The number of rotatable bonds is 5. The lowest BCUT2D eigenvalue weighted by Gasteiger charge is -2.26. The molecule has 0 heterocycles. The number of hydrogen-bond donors (Lipinski definition) is 2. The van der Waals surface area contributed by atoms with E-state index in [0.29, 0.717) is 0 Å². The molecule has 0 fully saturated rings. The average Bonchev–Trinajstić information content (AvgIpc) is 1.81. The standard InChI is InChI=1S/C9H22N2/c1-4-5-6-9(3,11)7-8(2)10/h8H,4-7,10-11H2,1-3H3. The van der Waals surface area contributed by atoms with Crippen molar-refractivity contribution in [2.24, 2.45) is 11.5 Å². The summed E-state index contributed by atoms with van der Waals surface area (Å²) in [6.45, 7) is 6.28. The Bertz CT molecular complexity index is 97.7. The highest BCUT2D eigenvalue weighted by Crippen LogP contribution is 2.15. The second kappa shape index (κ2) is 4.73. The van der Waals surface area contributed by atoms with Crippen molar-refractivity contribution >= 4 is 0 Å². The maximum absolute atomic E-state index is 6.02. The minimum atomic E-state index is -0.0514. The summed E-state index contributed by atoms with van der Waals surface area (Å²) in [5, 5.41) is 0. The Morgan fingerprint density at radius 2 is 2.00 bits per heavy atom. The zero-order chi connectivity index (χ0) is 8.91. The summed E-state index contributed by atoms with van der Waals surface area (Å²) in [6.07, 6.45) is 4.43. The number of unbranched alkanes of at least 4 members (excludes halogenated alkanes) is 1. The summed E-state index contributed by atoms with van der Waals surface area (Å²) in [4.78, 5) is 0. The van der Waals surface area contributed by atoms with E-state index in [0.717, 1.165) is 12.8 Å². The predicted molar refractivity (Wildman–Crippen MR) is 50.4 cm³/mol. The van der Waals surface area contributed by atoms with Crippen LogP contribution in [0.4, 0.5) is 0 Å². The van der Waals surface area contributed by atoms with Crippen LogP contribution in [-0.4, -0.2) is 11.6 Å².